The average molecular weight is 244 g/mol. The number of methoxy groups -OCH3 is 1. The second-order valence-corrected chi connectivity index (χ2v) is 3.43. The van der Waals surface area contributed by atoms with Gasteiger partial charge in [0.1, 0.15) is 6.29 Å². The van der Waals surface area contributed by atoms with Gasteiger partial charge in [-0.3, -0.25) is 4.79 Å². The Balaban J connectivity index is 0.000000771. The smallest absolute Gasteiger partial charge is 0.337 e. The van der Waals surface area contributed by atoms with Gasteiger partial charge in [0.05, 0.1) is 12.7 Å². The van der Waals surface area contributed by atoms with Crippen LogP contribution in [0.4, 0.5) is 0 Å². The quantitative estimate of drug-likeness (QED) is 0.600. The Morgan fingerprint density at radius 1 is 1.06 bits per heavy atom. The number of benzene rings is 2. The van der Waals surface area contributed by atoms with E-state index >= 15 is 0 Å². The van der Waals surface area contributed by atoms with E-state index in [1.165, 1.54) is 7.11 Å². The summed E-state index contributed by atoms with van der Waals surface area (Å²) in [6.07, 6.45) is 0.799. The first-order valence-corrected chi connectivity index (χ1v) is 5.82. The summed E-state index contributed by atoms with van der Waals surface area (Å²) in [4.78, 5) is 21.9. The van der Waals surface area contributed by atoms with Crippen LogP contribution in [0.2, 0.25) is 0 Å². The van der Waals surface area contributed by atoms with Gasteiger partial charge in [-0.2, -0.15) is 0 Å². The molecule has 0 N–H and O–H groups in total. The van der Waals surface area contributed by atoms with Crippen LogP contribution in [0.25, 0.3) is 10.8 Å². The Bertz CT molecular complexity index is 559. The minimum Gasteiger partial charge on any atom is -0.465 e. The molecule has 0 spiro atoms. The summed E-state index contributed by atoms with van der Waals surface area (Å²) in [6, 6.07) is 10.5. The highest BCUT2D eigenvalue weighted by Gasteiger charge is 2.05. The van der Waals surface area contributed by atoms with Gasteiger partial charge in [-0.1, -0.05) is 32.0 Å². The van der Waals surface area contributed by atoms with E-state index in [2.05, 4.69) is 4.74 Å². The van der Waals surface area contributed by atoms with Crippen molar-refractivity contribution in [1.82, 2.24) is 0 Å². The highest BCUT2D eigenvalue weighted by molar-refractivity contribution is 5.96. The molecule has 18 heavy (non-hydrogen) atoms. The maximum atomic E-state index is 11.3. The van der Waals surface area contributed by atoms with Crippen molar-refractivity contribution in [2.75, 3.05) is 7.11 Å². The standard InChI is InChI=1S/C13H10O3.C2H6/c1-16-13(15)12-5-4-10-6-9(8-14)2-3-11(10)7-12;1-2/h2-8H,1H3;1-2H3. The van der Waals surface area contributed by atoms with E-state index in [1.807, 2.05) is 19.9 Å². The van der Waals surface area contributed by atoms with E-state index < -0.39 is 0 Å². The molecule has 0 fully saturated rings. The maximum Gasteiger partial charge on any atom is 0.337 e. The molecule has 2 rings (SSSR count). The number of hydrogen-bond acceptors (Lipinski definition) is 3. The number of hydrogen-bond donors (Lipinski definition) is 0. The van der Waals surface area contributed by atoms with Crippen LogP contribution in [-0.2, 0) is 4.74 Å². The van der Waals surface area contributed by atoms with Crippen LogP contribution in [0.15, 0.2) is 36.4 Å². The first-order valence-electron chi connectivity index (χ1n) is 5.82. The fraction of sp³-hybridized carbons (Fsp3) is 0.200. The molecule has 3 nitrogen and oxygen atoms in total. The fourth-order valence-electron chi connectivity index (χ4n) is 1.58. The predicted octanol–water partition coefficient (Wildman–Crippen LogP) is 3.47. The summed E-state index contributed by atoms with van der Waals surface area (Å²) in [5.74, 6) is -0.360. The topological polar surface area (TPSA) is 43.4 Å². The molecule has 0 atom stereocenters. The number of fused-ring (bicyclic) bond motifs is 1. The van der Waals surface area contributed by atoms with Crippen LogP contribution in [0.1, 0.15) is 34.6 Å². The van der Waals surface area contributed by atoms with E-state index in [0.717, 1.165) is 17.1 Å². The molecule has 0 aliphatic heterocycles. The van der Waals surface area contributed by atoms with Gasteiger partial charge >= 0.3 is 5.97 Å². The minimum absolute atomic E-state index is 0.360. The van der Waals surface area contributed by atoms with Gasteiger partial charge in [0.25, 0.3) is 0 Å². The number of esters is 1. The van der Waals surface area contributed by atoms with Crippen molar-refractivity contribution < 1.29 is 14.3 Å². The van der Waals surface area contributed by atoms with Crippen molar-refractivity contribution in [2.45, 2.75) is 13.8 Å². The third-order valence-corrected chi connectivity index (χ3v) is 2.42. The molecule has 94 valence electrons. The number of carbonyl (C=O) groups is 2. The molecule has 0 bridgehead atoms. The Hall–Kier alpha value is -2.16. The number of aldehydes is 1. The van der Waals surface area contributed by atoms with Crippen molar-refractivity contribution in [3.63, 3.8) is 0 Å². The lowest BCUT2D eigenvalue weighted by Crippen LogP contribution is -2.00. The summed E-state index contributed by atoms with van der Waals surface area (Å²) in [7, 11) is 1.35. The summed E-state index contributed by atoms with van der Waals surface area (Å²) in [6.45, 7) is 4.00. The Morgan fingerprint density at radius 2 is 1.67 bits per heavy atom. The minimum atomic E-state index is -0.360. The van der Waals surface area contributed by atoms with Crippen molar-refractivity contribution >= 4 is 23.0 Å². The maximum absolute atomic E-state index is 11.3. The number of ether oxygens (including phenoxy) is 1. The molecule has 0 saturated heterocycles. The highest BCUT2D eigenvalue weighted by Crippen LogP contribution is 2.17. The van der Waals surface area contributed by atoms with Gasteiger partial charge in [0, 0.05) is 5.56 Å². The predicted molar refractivity (Wildman–Crippen MR) is 72.0 cm³/mol. The Kier molecular flexibility index (Phi) is 5.06. The average Bonchev–Trinajstić information content (AvgIpc) is 2.47. The van der Waals surface area contributed by atoms with Gasteiger partial charge in [-0.05, 0) is 29.0 Å². The van der Waals surface area contributed by atoms with Gasteiger partial charge in [0.2, 0.25) is 0 Å². The van der Waals surface area contributed by atoms with Crippen LogP contribution in [-0.4, -0.2) is 19.4 Å². The third-order valence-electron chi connectivity index (χ3n) is 2.42. The molecule has 0 heterocycles. The first-order chi connectivity index (χ1) is 8.74. The fourth-order valence-corrected chi connectivity index (χ4v) is 1.58. The summed E-state index contributed by atoms with van der Waals surface area (Å²) < 4.78 is 4.63. The van der Waals surface area contributed by atoms with Crippen molar-refractivity contribution in [3.05, 3.63) is 47.5 Å². The largest absolute Gasteiger partial charge is 0.465 e. The van der Waals surface area contributed by atoms with Crippen molar-refractivity contribution in [2.24, 2.45) is 0 Å². The highest BCUT2D eigenvalue weighted by atomic mass is 16.5. The second-order valence-electron chi connectivity index (χ2n) is 3.43. The van der Waals surface area contributed by atoms with Crippen LogP contribution >= 0.6 is 0 Å². The van der Waals surface area contributed by atoms with Gasteiger partial charge < -0.3 is 4.74 Å². The molecule has 0 aromatic heterocycles. The van der Waals surface area contributed by atoms with E-state index in [9.17, 15) is 9.59 Å². The number of rotatable bonds is 2. The lowest BCUT2D eigenvalue weighted by atomic mass is 10.0. The molecule has 0 aliphatic rings. The van der Waals surface area contributed by atoms with Gasteiger partial charge in [0.15, 0.2) is 0 Å². The normalized spacial score (nSPS) is 9.28. The first kappa shape index (κ1) is 13.9. The molecular formula is C15H16O3. The van der Waals surface area contributed by atoms with Crippen molar-refractivity contribution in [3.8, 4) is 0 Å². The molecule has 2 aromatic carbocycles. The Morgan fingerprint density at radius 3 is 2.28 bits per heavy atom. The summed E-state index contributed by atoms with van der Waals surface area (Å²) >= 11 is 0. The zero-order valence-electron chi connectivity index (χ0n) is 10.8. The summed E-state index contributed by atoms with van der Waals surface area (Å²) in [5, 5.41) is 1.84. The van der Waals surface area contributed by atoms with Gasteiger partial charge in [-0.25, -0.2) is 4.79 Å². The molecule has 3 heteroatoms. The molecule has 0 aliphatic carbocycles. The van der Waals surface area contributed by atoms with Crippen LogP contribution in [0.5, 0.6) is 0 Å². The molecular weight excluding hydrogens is 228 g/mol. The lowest BCUT2D eigenvalue weighted by molar-refractivity contribution is 0.0601. The van der Waals surface area contributed by atoms with E-state index in [4.69, 9.17) is 0 Å². The monoisotopic (exact) mass is 244 g/mol. The molecule has 0 saturated carbocycles. The van der Waals surface area contributed by atoms with Crippen LogP contribution < -0.4 is 0 Å². The second kappa shape index (κ2) is 6.55. The lowest BCUT2D eigenvalue weighted by Gasteiger charge is -2.02. The van der Waals surface area contributed by atoms with Crippen LogP contribution in [0.3, 0.4) is 0 Å². The molecule has 0 unspecified atom stereocenters. The van der Waals surface area contributed by atoms with E-state index in [0.29, 0.717) is 11.1 Å². The zero-order valence-corrected chi connectivity index (χ0v) is 10.8. The molecule has 0 radical (unpaired) electrons. The molecule has 2 aromatic rings. The zero-order chi connectivity index (χ0) is 13.5. The molecule has 0 amide bonds. The van der Waals surface area contributed by atoms with Crippen LogP contribution in [0, 0.1) is 0 Å². The Labute approximate surface area is 106 Å². The third kappa shape index (κ3) is 2.94. The van der Waals surface area contributed by atoms with E-state index in [-0.39, 0.29) is 5.97 Å². The van der Waals surface area contributed by atoms with Gasteiger partial charge in [-0.15, -0.1) is 0 Å². The SMILES string of the molecule is CC.COC(=O)c1ccc2cc(C=O)ccc2c1. The number of carbonyl (C=O) groups excluding carboxylic acids is 2. The van der Waals surface area contributed by atoms with Crippen molar-refractivity contribution in [1.29, 1.82) is 0 Å². The summed E-state index contributed by atoms with van der Waals surface area (Å²) in [5.41, 5.74) is 1.13. The van der Waals surface area contributed by atoms with E-state index in [1.54, 1.807) is 30.3 Å².